The van der Waals surface area contributed by atoms with Gasteiger partial charge in [0.1, 0.15) is 6.33 Å². The molecule has 0 amide bonds. The molecule has 0 unspecified atom stereocenters. The largest absolute Gasteiger partial charge is 0.481 e. The van der Waals surface area contributed by atoms with Gasteiger partial charge in [-0.1, -0.05) is 17.8 Å². The molecule has 92 valence electrons. The Kier molecular flexibility index (Phi) is 2.88. The van der Waals surface area contributed by atoms with E-state index in [2.05, 4.69) is 15.3 Å². The zero-order valence-corrected chi connectivity index (χ0v) is 10.7. The van der Waals surface area contributed by atoms with Crippen molar-refractivity contribution in [1.82, 2.24) is 14.9 Å². The Morgan fingerprint density at radius 1 is 1.56 bits per heavy atom. The zero-order valence-electron chi connectivity index (χ0n) is 9.05. The normalized spacial score (nSPS) is 18.2. The van der Waals surface area contributed by atoms with Crippen LogP contribution in [0.15, 0.2) is 34.1 Å². The summed E-state index contributed by atoms with van der Waals surface area (Å²) in [6, 6.07) is 3.86. The Morgan fingerprint density at radius 2 is 2.44 bits per heavy atom. The van der Waals surface area contributed by atoms with Crippen molar-refractivity contribution < 1.29 is 9.90 Å². The topological polar surface area (TPSA) is 80.4 Å². The van der Waals surface area contributed by atoms with E-state index in [1.807, 2.05) is 17.5 Å². The molecule has 1 aliphatic heterocycles. The Bertz CT molecular complexity index is 605. The van der Waals surface area contributed by atoms with Crippen molar-refractivity contribution in [2.24, 2.45) is 5.10 Å². The molecular weight excluding hydrogens is 272 g/mol. The summed E-state index contributed by atoms with van der Waals surface area (Å²) in [5.74, 6) is -0.843. The molecule has 0 spiro atoms. The van der Waals surface area contributed by atoms with E-state index < -0.39 is 5.97 Å². The number of carboxylic acid groups (broad SMARTS) is 1. The minimum Gasteiger partial charge on any atom is -0.481 e. The lowest BCUT2D eigenvalue weighted by Crippen LogP contribution is -2.25. The third-order valence-electron chi connectivity index (χ3n) is 2.40. The molecule has 0 aliphatic carbocycles. The minimum absolute atomic E-state index is 0.0221. The fourth-order valence-electron chi connectivity index (χ4n) is 1.66. The van der Waals surface area contributed by atoms with Gasteiger partial charge in [0.25, 0.3) is 0 Å². The second kappa shape index (κ2) is 4.54. The number of nitrogens with zero attached hydrogens (tertiary/aromatic N) is 4. The molecule has 3 rings (SSSR count). The molecule has 0 saturated carbocycles. The van der Waals surface area contributed by atoms with Crippen LogP contribution in [0.4, 0.5) is 0 Å². The number of aromatic nitrogens is 3. The van der Waals surface area contributed by atoms with Gasteiger partial charge in [0.15, 0.2) is 0 Å². The van der Waals surface area contributed by atoms with Gasteiger partial charge in [-0.3, -0.25) is 4.79 Å². The number of hydrogen-bond acceptors (Lipinski definition) is 6. The number of thiophene rings is 1. The fraction of sp³-hybridized carbons (Fsp3) is 0.200. The fourth-order valence-corrected chi connectivity index (χ4v) is 3.55. The summed E-state index contributed by atoms with van der Waals surface area (Å²) in [6.07, 6.45) is 1.54. The summed E-state index contributed by atoms with van der Waals surface area (Å²) < 4.78 is 1.58. The summed E-state index contributed by atoms with van der Waals surface area (Å²) >= 11 is 2.93. The molecule has 2 aromatic heterocycles. The molecule has 6 nitrogen and oxygen atoms in total. The molecule has 1 atom stereocenters. The molecule has 3 heterocycles. The van der Waals surface area contributed by atoms with Crippen molar-refractivity contribution in [3.8, 4) is 0 Å². The molecule has 0 aromatic carbocycles. The lowest BCUT2D eigenvalue weighted by molar-refractivity contribution is -0.136. The summed E-state index contributed by atoms with van der Waals surface area (Å²) in [5.41, 5.74) is 0.768. The van der Waals surface area contributed by atoms with E-state index in [-0.39, 0.29) is 11.7 Å². The predicted octanol–water partition coefficient (Wildman–Crippen LogP) is 1.54. The molecule has 0 saturated heterocycles. The van der Waals surface area contributed by atoms with Gasteiger partial charge in [-0.25, -0.2) is 0 Å². The third kappa shape index (κ3) is 2.04. The summed E-state index contributed by atoms with van der Waals surface area (Å²) in [6.45, 7) is 0. The SMILES string of the molecule is O=C(O)C[C@H]1Sc2nncn2N=C1c1cccs1. The quantitative estimate of drug-likeness (QED) is 0.922. The number of thioether (sulfide) groups is 1. The van der Waals surface area contributed by atoms with Crippen molar-refractivity contribution in [3.05, 3.63) is 28.7 Å². The van der Waals surface area contributed by atoms with Crippen LogP contribution >= 0.6 is 23.1 Å². The first kappa shape index (κ1) is 11.4. The van der Waals surface area contributed by atoms with Gasteiger partial charge in [0.2, 0.25) is 5.16 Å². The maximum absolute atomic E-state index is 10.9. The second-order valence-electron chi connectivity index (χ2n) is 3.62. The van der Waals surface area contributed by atoms with E-state index in [1.165, 1.54) is 18.1 Å². The molecule has 2 aromatic rings. The van der Waals surface area contributed by atoms with Crippen LogP contribution in [0, 0.1) is 0 Å². The molecule has 18 heavy (non-hydrogen) atoms. The Labute approximate surface area is 110 Å². The van der Waals surface area contributed by atoms with E-state index in [1.54, 1.807) is 16.0 Å². The molecule has 1 N–H and O–H groups in total. The summed E-state index contributed by atoms with van der Waals surface area (Å²) in [7, 11) is 0. The highest BCUT2D eigenvalue weighted by Crippen LogP contribution is 2.32. The second-order valence-corrected chi connectivity index (χ2v) is 5.74. The predicted molar refractivity (Wildman–Crippen MR) is 68.2 cm³/mol. The van der Waals surface area contributed by atoms with Crippen LogP contribution in [0.5, 0.6) is 0 Å². The number of carbonyl (C=O) groups is 1. The smallest absolute Gasteiger partial charge is 0.304 e. The number of rotatable bonds is 3. The van der Waals surface area contributed by atoms with Gasteiger partial charge in [-0.2, -0.15) is 9.78 Å². The monoisotopic (exact) mass is 280 g/mol. The minimum atomic E-state index is -0.843. The van der Waals surface area contributed by atoms with Crippen LogP contribution in [0.1, 0.15) is 11.3 Å². The highest BCUT2D eigenvalue weighted by atomic mass is 32.2. The van der Waals surface area contributed by atoms with Gasteiger partial charge in [0, 0.05) is 0 Å². The standard InChI is InChI=1S/C10H8N4O2S2/c15-8(16)4-7-9(6-2-1-3-17-6)13-14-5-11-12-10(14)18-7/h1-3,5,7H,4H2,(H,15,16)/t7-/m1/s1. The molecule has 0 fully saturated rings. The molecule has 1 aliphatic rings. The summed E-state index contributed by atoms with van der Waals surface area (Å²) in [4.78, 5) is 11.9. The van der Waals surface area contributed by atoms with Crippen LogP contribution in [0.2, 0.25) is 0 Å². The summed E-state index contributed by atoms with van der Waals surface area (Å²) in [5, 5.41) is 23.4. The van der Waals surface area contributed by atoms with E-state index >= 15 is 0 Å². The van der Waals surface area contributed by atoms with E-state index in [4.69, 9.17) is 5.11 Å². The first-order chi connectivity index (χ1) is 8.74. The van der Waals surface area contributed by atoms with Crippen molar-refractivity contribution in [2.45, 2.75) is 16.8 Å². The molecule has 0 bridgehead atoms. The number of aliphatic carboxylic acids is 1. The Hall–Kier alpha value is -1.67. The molecule has 0 radical (unpaired) electrons. The van der Waals surface area contributed by atoms with Crippen molar-refractivity contribution in [3.63, 3.8) is 0 Å². The zero-order chi connectivity index (χ0) is 12.5. The molecule has 8 heteroatoms. The highest BCUT2D eigenvalue weighted by Gasteiger charge is 2.29. The van der Waals surface area contributed by atoms with Crippen LogP contribution in [0.25, 0.3) is 0 Å². The van der Waals surface area contributed by atoms with Crippen LogP contribution in [0.3, 0.4) is 0 Å². The highest BCUT2D eigenvalue weighted by molar-refractivity contribution is 8.00. The lowest BCUT2D eigenvalue weighted by Gasteiger charge is -2.19. The maximum Gasteiger partial charge on any atom is 0.304 e. The third-order valence-corrected chi connectivity index (χ3v) is 4.45. The van der Waals surface area contributed by atoms with Gasteiger partial charge in [0.05, 0.1) is 22.3 Å². The van der Waals surface area contributed by atoms with Crippen molar-refractivity contribution in [2.75, 3.05) is 0 Å². The van der Waals surface area contributed by atoms with Crippen molar-refractivity contribution >= 4 is 34.8 Å². The van der Waals surface area contributed by atoms with E-state index in [9.17, 15) is 4.79 Å². The Balaban J connectivity index is 2.02. The van der Waals surface area contributed by atoms with Crippen LogP contribution < -0.4 is 0 Å². The van der Waals surface area contributed by atoms with E-state index in [0.29, 0.717) is 5.16 Å². The Morgan fingerprint density at radius 3 is 3.17 bits per heavy atom. The average molecular weight is 280 g/mol. The number of hydrogen-bond donors (Lipinski definition) is 1. The average Bonchev–Trinajstić information content (AvgIpc) is 2.97. The van der Waals surface area contributed by atoms with Crippen LogP contribution in [-0.4, -0.2) is 36.9 Å². The lowest BCUT2D eigenvalue weighted by atomic mass is 10.1. The molecular formula is C10H8N4O2S2. The van der Waals surface area contributed by atoms with Gasteiger partial charge >= 0.3 is 5.97 Å². The van der Waals surface area contributed by atoms with Gasteiger partial charge in [-0.05, 0) is 11.4 Å². The van der Waals surface area contributed by atoms with Crippen molar-refractivity contribution in [1.29, 1.82) is 0 Å². The number of fused-ring (bicyclic) bond motifs is 1. The van der Waals surface area contributed by atoms with E-state index in [0.717, 1.165) is 10.6 Å². The number of carboxylic acids is 1. The van der Waals surface area contributed by atoms with Crippen LogP contribution in [-0.2, 0) is 4.79 Å². The first-order valence-electron chi connectivity index (χ1n) is 5.15. The maximum atomic E-state index is 10.9. The first-order valence-corrected chi connectivity index (χ1v) is 6.91. The van der Waals surface area contributed by atoms with Gasteiger partial charge in [-0.15, -0.1) is 21.5 Å². The van der Waals surface area contributed by atoms with Gasteiger partial charge < -0.3 is 5.11 Å².